The average Bonchev–Trinajstić information content (AvgIpc) is 2.97. The maximum absolute atomic E-state index is 4.44. The predicted molar refractivity (Wildman–Crippen MR) is 67.5 cm³/mol. The van der Waals surface area contributed by atoms with Crippen LogP contribution >= 0.6 is 11.5 Å². The third kappa shape index (κ3) is 1.96. The quantitative estimate of drug-likeness (QED) is 0.815. The summed E-state index contributed by atoms with van der Waals surface area (Å²) in [5, 5.41) is 0. The van der Waals surface area contributed by atoms with Gasteiger partial charge in [-0.05, 0) is 42.6 Å². The lowest BCUT2D eigenvalue weighted by Crippen LogP contribution is -2.24. The Morgan fingerprint density at radius 2 is 2.06 bits per heavy atom. The van der Waals surface area contributed by atoms with E-state index >= 15 is 0 Å². The van der Waals surface area contributed by atoms with Crippen LogP contribution in [0.15, 0.2) is 17.8 Å². The lowest BCUT2D eigenvalue weighted by Gasteiger charge is -2.18. The van der Waals surface area contributed by atoms with E-state index in [9.17, 15) is 0 Å². The van der Waals surface area contributed by atoms with Crippen LogP contribution < -0.4 is 0 Å². The number of pyridine rings is 1. The van der Waals surface area contributed by atoms with Crippen molar-refractivity contribution in [3.05, 3.63) is 28.9 Å². The molecule has 0 bridgehead atoms. The Hall–Kier alpha value is -1.33. The molecule has 2 aromatic heterocycles. The molecule has 0 saturated heterocycles. The second kappa shape index (κ2) is 4.16. The molecule has 0 spiro atoms. The number of hydrogen-bond acceptors (Lipinski definition) is 5. The summed E-state index contributed by atoms with van der Waals surface area (Å²) in [4.78, 5) is 11.1. The minimum absolute atomic E-state index is 0.572. The highest BCUT2D eigenvalue weighted by molar-refractivity contribution is 7.03. The highest BCUT2D eigenvalue weighted by Crippen LogP contribution is 2.26. The number of fused-ring (bicyclic) bond motifs is 1. The highest BCUT2D eigenvalue weighted by atomic mass is 32.1. The molecule has 0 atom stereocenters. The molecule has 5 heteroatoms. The molecule has 1 aliphatic heterocycles. The molecule has 3 rings (SSSR count). The molecule has 1 aliphatic rings. The Labute approximate surface area is 105 Å². The molecule has 0 aliphatic carbocycles. The van der Waals surface area contributed by atoms with Crippen LogP contribution in [0.2, 0.25) is 0 Å². The molecular formula is C12H14N4S. The van der Waals surface area contributed by atoms with E-state index in [1.807, 2.05) is 6.20 Å². The smallest absolute Gasteiger partial charge is 0.191 e. The van der Waals surface area contributed by atoms with Gasteiger partial charge in [-0.15, -0.1) is 0 Å². The summed E-state index contributed by atoms with van der Waals surface area (Å²) in [7, 11) is 0. The van der Waals surface area contributed by atoms with Gasteiger partial charge in [-0.2, -0.15) is 4.37 Å². The first kappa shape index (κ1) is 10.8. The summed E-state index contributed by atoms with van der Waals surface area (Å²) in [6.07, 6.45) is 1.97. The average molecular weight is 246 g/mol. The second-order valence-electron chi connectivity index (χ2n) is 4.59. The summed E-state index contributed by atoms with van der Waals surface area (Å²) in [5.74, 6) is 0.737. The Bertz CT molecular complexity index is 521. The van der Waals surface area contributed by atoms with Gasteiger partial charge < -0.3 is 0 Å². The molecule has 2 aromatic rings. The lowest BCUT2D eigenvalue weighted by atomic mass is 10.1. The third-order valence-electron chi connectivity index (χ3n) is 3.15. The van der Waals surface area contributed by atoms with Crippen LogP contribution in [0.25, 0.3) is 11.5 Å². The number of hydrogen-bond donors (Lipinski definition) is 0. The zero-order valence-electron chi connectivity index (χ0n) is 9.92. The first-order chi connectivity index (χ1) is 8.24. The minimum atomic E-state index is 0.572. The van der Waals surface area contributed by atoms with Gasteiger partial charge in [0.15, 0.2) is 5.82 Å². The fraction of sp³-hybridized carbons (Fsp3) is 0.417. The van der Waals surface area contributed by atoms with Crippen molar-refractivity contribution in [2.45, 2.75) is 33.0 Å². The van der Waals surface area contributed by atoms with Crippen LogP contribution in [0.4, 0.5) is 0 Å². The third-order valence-corrected chi connectivity index (χ3v) is 3.63. The summed E-state index contributed by atoms with van der Waals surface area (Å²) in [5.41, 5.74) is 5.32. The van der Waals surface area contributed by atoms with Crippen molar-refractivity contribution in [2.75, 3.05) is 0 Å². The summed E-state index contributed by atoms with van der Waals surface area (Å²) < 4.78 is 4.22. The standard InChI is InChI=1S/C12H14N4S/c1-8(2)16-5-9-3-11(12-14-7-17-15-12)13-4-10(9)6-16/h3-4,7-8H,5-6H2,1-2H3. The van der Waals surface area contributed by atoms with Crippen molar-refractivity contribution in [2.24, 2.45) is 0 Å². The van der Waals surface area contributed by atoms with Gasteiger partial charge in [-0.25, -0.2) is 4.98 Å². The number of aromatic nitrogens is 3. The Morgan fingerprint density at radius 3 is 2.76 bits per heavy atom. The van der Waals surface area contributed by atoms with E-state index < -0.39 is 0 Å². The van der Waals surface area contributed by atoms with E-state index in [2.05, 4.69) is 39.2 Å². The van der Waals surface area contributed by atoms with E-state index in [1.165, 1.54) is 22.7 Å². The van der Waals surface area contributed by atoms with Gasteiger partial charge in [0.2, 0.25) is 0 Å². The second-order valence-corrected chi connectivity index (χ2v) is 5.20. The fourth-order valence-corrected chi connectivity index (χ4v) is 2.51. The Morgan fingerprint density at radius 1 is 1.24 bits per heavy atom. The molecular weight excluding hydrogens is 232 g/mol. The van der Waals surface area contributed by atoms with Gasteiger partial charge in [0, 0.05) is 25.3 Å². The van der Waals surface area contributed by atoms with Crippen LogP contribution in [0, 0.1) is 0 Å². The van der Waals surface area contributed by atoms with Crippen molar-refractivity contribution in [1.29, 1.82) is 0 Å². The molecule has 0 fully saturated rings. The normalized spacial score (nSPS) is 15.5. The molecule has 0 unspecified atom stereocenters. The van der Waals surface area contributed by atoms with E-state index in [0.717, 1.165) is 24.6 Å². The Balaban J connectivity index is 1.93. The zero-order chi connectivity index (χ0) is 11.8. The molecule has 3 heterocycles. The van der Waals surface area contributed by atoms with Gasteiger partial charge in [-0.1, -0.05) is 0 Å². The molecule has 88 valence electrons. The van der Waals surface area contributed by atoms with Crippen LogP contribution in [0.5, 0.6) is 0 Å². The van der Waals surface area contributed by atoms with Crippen LogP contribution in [0.1, 0.15) is 25.0 Å². The van der Waals surface area contributed by atoms with Crippen molar-refractivity contribution in [1.82, 2.24) is 19.2 Å². The van der Waals surface area contributed by atoms with Crippen molar-refractivity contribution < 1.29 is 0 Å². The summed E-state index contributed by atoms with van der Waals surface area (Å²) in [6.45, 7) is 6.46. The first-order valence-electron chi connectivity index (χ1n) is 5.72. The van der Waals surface area contributed by atoms with E-state index in [4.69, 9.17) is 0 Å². The zero-order valence-corrected chi connectivity index (χ0v) is 10.7. The summed E-state index contributed by atoms with van der Waals surface area (Å²) in [6, 6.07) is 2.70. The van der Waals surface area contributed by atoms with E-state index in [-0.39, 0.29) is 0 Å². The lowest BCUT2D eigenvalue weighted by molar-refractivity contribution is 0.227. The van der Waals surface area contributed by atoms with Crippen molar-refractivity contribution in [3.8, 4) is 11.5 Å². The van der Waals surface area contributed by atoms with Crippen LogP contribution in [-0.4, -0.2) is 25.3 Å². The largest absolute Gasteiger partial charge is 0.292 e. The maximum atomic E-state index is 4.44. The van der Waals surface area contributed by atoms with Gasteiger partial charge in [0.1, 0.15) is 11.2 Å². The number of rotatable bonds is 2. The molecule has 0 aromatic carbocycles. The van der Waals surface area contributed by atoms with Gasteiger partial charge in [0.05, 0.1) is 0 Å². The maximum Gasteiger partial charge on any atom is 0.191 e. The molecule has 4 nitrogen and oxygen atoms in total. The number of nitrogens with zero attached hydrogens (tertiary/aromatic N) is 4. The monoisotopic (exact) mass is 246 g/mol. The van der Waals surface area contributed by atoms with Crippen LogP contribution in [-0.2, 0) is 13.1 Å². The molecule has 0 saturated carbocycles. The SMILES string of the molecule is CC(C)N1Cc2cnc(-c3ncsn3)cc2C1. The molecule has 0 radical (unpaired) electrons. The van der Waals surface area contributed by atoms with Gasteiger partial charge in [-0.3, -0.25) is 9.88 Å². The molecule has 17 heavy (non-hydrogen) atoms. The van der Waals surface area contributed by atoms with Crippen LogP contribution in [0.3, 0.4) is 0 Å². The van der Waals surface area contributed by atoms with Gasteiger partial charge in [0.25, 0.3) is 0 Å². The Kier molecular flexibility index (Phi) is 2.64. The molecule has 0 amide bonds. The van der Waals surface area contributed by atoms with E-state index in [0.29, 0.717) is 6.04 Å². The predicted octanol–water partition coefficient (Wildman–Crippen LogP) is 2.32. The highest BCUT2D eigenvalue weighted by Gasteiger charge is 2.22. The topological polar surface area (TPSA) is 41.9 Å². The van der Waals surface area contributed by atoms with Crippen molar-refractivity contribution >= 4 is 11.5 Å². The molecule has 0 N–H and O–H groups in total. The van der Waals surface area contributed by atoms with Gasteiger partial charge >= 0.3 is 0 Å². The fourth-order valence-electron chi connectivity index (χ4n) is 2.08. The van der Waals surface area contributed by atoms with Crippen molar-refractivity contribution in [3.63, 3.8) is 0 Å². The minimum Gasteiger partial charge on any atom is -0.292 e. The van der Waals surface area contributed by atoms with E-state index in [1.54, 1.807) is 5.51 Å². The first-order valence-corrected chi connectivity index (χ1v) is 6.56. The summed E-state index contributed by atoms with van der Waals surface area (Å²) >= 11 is 1.36.